The third-order valence-electron chi connectivity index (χ3n) is 5.48. The highest BCUT2D eigenvalue weighted by Crippen LogP contribution is 2.59. The van der Waals surface area contributed by atoms with E-state index in [9.17, 15) is 0 Å². The highest BCUT2D eigenvalue weighted by atomic mass is 15.2. The van der Waals surface area contributed by atoms with Crippen molar-refractivity contribution in [2.24, 2.45) is 11.3 Å². The normalized spacial score (nSPS) is 51.1. The van der Waals surface area contributed by atoms with E-state index in [-0.39, 0.29) is 0 Å². The van der Waals surface area contributed by atoms with Gasteiger partial charge in [0.1, 0.15) is 6.21 Å². The molecule has 3 atom stereocenters. The molecule has 1 heteroatoms. The van der Waals surface area contributed by atoms with E-state index in [0.717, 1.165) is 12.0 Å². The smallest absolute Gasteiger partial charge is 0.162 e. The Hall–Kier alpha value is -0.330. The Morgan fingerprint density at radius 1 is 1.29 bits per heavy atom. The number of hydrogen-bond acceptors (Lipinski definition) is 0. The lowest BCUT2D eigenvalue weighted by atomic mass is 9.80. The quantitative estimate of drug-likeness (QED) is 0.559. The molecular formula is C13H20N+. The van der Waals surface area contributed by atoms with Crippen molar-refractivity contribution in [1.82, 2.24) is 0 Å². The average Bonchev–Trinajstić information content (AvgIpc) is 3.08. The van der Waals surface area contributed by atoms with Crippen LogP contribution in [0.15, 0.2) is 0 Å². The molecule has 4 aliphatic rings. The molecule has 3 fully saturated rings. The molecule has 0 aromatic rings. The molecule has 2 saturated carbocycles. The number of rotatable bonds is 1. The van der Waals surface area contributed by atoms with Crippen LogP contribution in [0.25, 0.3) is 0 Å². The summed E-state index contributed by atoms with van der Waals surface area (Å²) in [6.45, 7) is 2.40. The SMILES string of the molecule is CC[C@]12CCC3(C=[N+]1C1C[C@H]1C2)CC3. The van der Waals surface area contributed by atoms with Crippen LogP contribution in [0, 0.1) is 11.3 Å². The molecule has 1 saturated heterocycles. The van der Waals surface area contributed by atoms with Gasteiger partial charge in [-0.2, -0.15) is 0 Å². The number of nitrogens with zero attached hydrogens (tertiary/aromatic N) is 1. The second kappa shape index (κ2) is 2.10. The fourth-order valence-electron chi connectivity index (χ4n) is 4.09. The van der Waals surface area contributed by atoms with Crippen molar-refractivity contribution in [3.63, 3.8) is 0 Å². The molecule has 2 heterocycles. The molecule has 76 valence electrons. The van der Waals surface area contributed by atoms with E-state index in [2.05, 4.69) is 17.7 Å². The number of piperidine rings is 1. The minimum Gasteiger partial charge on any atom is -0.231 e. The lowest BCUT2D eigenvalue weighted by molar-refractivity contribution is -0.611. The first-order valence-corrected chi connectivity index (χ1v) is 6.42. The Bertz CT molecular complexity index is 326. The average molecular weight is 190 g/mol. The minimum atomic E-state index is 0.626. The summed E-state index contributed by atoms with van der Waals surface area (Å²) in [7, 11) is 0. The van der Waals surface area contributed by atoms with Crippen LogP contribution in [-0.2, 0) is 0 Å². The highest BCUT2D eigenvalue weighted by Gasteiger charge is 2.67. The first-order chi connectivity index (χ1) is 6.77. The van der Waals surface area contributed by atoms with Crippen molar-refractivity contribution in [2.75, 3.05) is 0 Å². The summed E-state index contributed by atoms with van der Waals surface area (Å²) in [5.41, 5.74) is 1.33. The van der Waals surface area contributed by atoms with E-state index < -0.39 is 0 Å². The fraction of sp³-hybridized carbons (Fsp3) is 0.923. The van der Waals surface area contributed by atoms with Crippen LogP contribution in [0.3, 0.4) is 0 Å². The van der Waals surface area contributed by atoms with Gasteiger partial charge < -0.3 is 0 Å². The number of hydrogen-bond donors (Lipinski definition) is 0. The maximum atomic E-state index is 2.83. The third kappa shape index (κ3) is 0.803. The van der Waals surface area contributed by atoms with Gasteiger partial charge in [0, 0.05) is 37.0 Å². The van der Waals surface area contributed by atoms with Crippen LogP contribution in [-0.4, -0.2) is 22.4 Å². The van der Waals surface area contributed by atoms with E-state index in [1.54, 1.807) is 0 Å². The second-order valence-electron chi connectivity index (χ2n) is 6.24. The van der Waals surface area contributed by atoms with Crippen molar-refractivity contribution < 1.29 is 4.58 Å². The van der Waals surface area contributed by atoms with E-state index in [0.29, 0.717) is 11.0 Å². The van der Waals surface area contributed by atoms with Crippen LogP contribution in [0.5, 0.6) is 0 Å². The van der Waals surface area contributed by atoms with Crippen LogP contribution in [0.1, 0.15) is 51.9 Å². The molecule has 0 N–H and O–H groups in total. The van der Waals surface area contributed by atoms with Crippen LogP contribution in [0.4, 0.5) is 0 Å². The summed E-state index contributed by atoms with van der Waals surface area (Å²) >= 11 is 0. The van der Waals surface area contributed by atoms with E-state index in [4.69, 9.17) is 0 Å². The van der Waals surface area contributed by atoms with E-state index in [1.165, 1.54) is 44.9 Å². The summed E-state index contributed by atoms with van der Waals surface area (Å²) in [5.74, 6) is 1.08. The van der Waals surface area contributed by atoms with Crippen molar-refractivity contribution >= 4 is 6.21 Å². The molecule has 0 aromatic carbocycles. The zero-order chi connectivity index (χ0) is 9.39. The fourth-order valence-corrected chi connectivity index (χ4v) is 4.09. The van der Waals surface area contributed by atoms with Crippen molar-refractivity contribution in [3.05, 3.63) is 0 Å². The summed E-state index contributed by atoms with van der Waals surface area (Å²) in [4.78, 5) is 0. The van der Waals surface area contributed by atoms with Crippen molar-refractivity contribution in [1.29, 1.82) is 0 Å². The molecule has 0 radical (unpaired) electrons. The maximum absolute atomic E-state index is 2.83. The summed E-state index contributed by atoms with van der Waals surface area (Å²) in [6.07, 6.45) is 13.0. The highest BCUT2D eigenvalue weighted by molar-refractivity contribution is 5.66. The standard InChI is InChI=1S/C13H20N/c1-2-13-6-5-12(3-4-12)9-14(13)11-7-10(11)8-13/h9-11H,2-8H2,1H3/q+1/t10-,11?,13+/m0/s1. The van der Waals surface area contributed by atoms with Gasteiger partial charge in [-0.1, -0.05) is 6.92 Å². The monoisotopic (exact) mass is 190 g/mol. The van der Waals surface area contributed by atoms with Gasteiger partial charge in [-0.3, -0.25) is 0 Å². The Balaban J connectivity index is 1.80. The van der Waals surface area contributed by atoms with Gasteiger partial charge in [-0.05, 0) is 19.3 Å². The summed E-state index contributed by atoms with van der Waals surface area (Å²) < 4.78 is 2.83. The minimum absolute atomic E-state index is 0.626. The Kier molecular flexibility index (Phi) is 1.18. The lowest BCUT2D eigenvalue weighted by Crippen LogP contribution is -2.45. The van der Waals surface area contributed by atoms with Gasteiger partial charge in [0.05, 0.1) is 0 Å². The summed E-state index contributed by atoms with van der Waals surface area (Å²) in [5, 5.41) is 0. The molecule has 1 unspecified atom stereocenters. The molecule has 0 bridgehead atoms. The first kappa shape index (κ1) is 7.90. The molecule has 2 aliphatic carbocycles. The van der Waals surface area contributed by atoms with E-state index >= 15 is 0 Å². The molecule has 0 aromatic heterocycles. The molecule has 1 nitrogen and oxygen atoms in total. The Labute approximate surface area is 86.2 Å². The second-order valence-corrected chi connectivity index (χ2v) is 6.24. The Morgan fingerprint density at radius 3 is 2.79 bits per heavy atom. The predicted molar refractivity (Wildman–Crippen MR) is 56.8 cm³/mol. The molecular weight excluding hydrogens is 170 g/mol. The number of fused-ring (bicyclic) bond motifs is 3. The van der Waals surface area contributed by atoms with E-state index in [1.807, 2.05) is 0 Å². The molecule has 2 aliphatic heterocycles. The molecule has 0 amide bonds. The van der Waals surface area contributed by atoms with Crippen molar-refractivity contribution in [3.8, 4) is 0 Å². The van der Waals surface area contributed by atoms with Gasteiger partial charge in [0.15, 0.2) is 11.6 Å². The van der Waals surface area contributed by atoms with Crippen molar-refractivity contribution in [2.45, 2.75) is 63.5 Å². The molecule has 14 heavy (non-hydrogen) atoms. The zero-order valence-electron chi connectivity index (χ0n) is 9.13. The van der Waals surface area contributed by atoms with Gasteiger partial charge in [0.2, 0.25) is 0 Å². The zero-order valence-corrected chi connectivity index (χ0v) is 9.13. The lowest BCUT2D eigenvalue weighted by Gasteiger charge is -2.32. The first-order valence-electron chi connectivity index (χ1n) is 6.42. The van der Waals surface area contributed by atoms with Gasteiger partial charge >= 0.3 is 0 Å². The molecule has 1 spiro atoms. The Morgan fingerprint density at radius 2 is 2.07 bits per heavy atom. The van der Waals surface area contributed by atoms with Crippen LogP contribution in [0.2, 0.25) is 0 Å². The maximum Gasteiger partial charge on any atom is 0.162 e. The summed E-state index contributed by atoms with van der Waals surface area (Å²) in [6, 6.07) is 0.979. The van der Waals surface area contributed by atoms with Gasteiger partial charge in [-0.15, -0.1) is 0 Å². The largest absolute Gasteiger partial charge is 0.231 e. The third-order valence-corrected chi connectivity index (χ3v) is 5.48. The van der Waals surface area contributed by atoms with Gasteiger partial charge in [0.25, 0.3) is 0 Å². The van der Waals surface area contributed by atoms with Gasteiger partial charge in [-0.25, -0.2) is 4.58 Å². The van der Waals surface area contributed by atoms with Crippen LogP contribution >= 0.6 is 0 Å². The predicted octanol–water partition coefficient (Wildman–Crippen LogP) is 2.58. The topological polar surface area (TPSA) is 3.01 Å². The molecule has 4 rings (SSSR count). The van der Waals surface area contributed by atoms with Crippen LogP contribution < -0.4 is 0 Å².